The van der Waals surface area contributed by atoms with Gasteiger partial charge in [-0.2, -0.15) is 5.10 Å². The summed E-state index contributed by atoms with van der Waals surface area (Å²) in [6.07, 6.45) is 0.0737. The van der Waals surface area contributed by atoms with Gasteiger partial charge < -0.3 is 9.84 Å². The molecule has 0 saturated carbocycles. The molecule has 2 aromatic rings. The van der Waals surface area contributed by atoms with Crippen LogP contribution in [0.15, 0.2) is 18.2 Å². The van der Waals surface area contributed by atoms with Crippen LogP contribution in [-0.4, -0.2) is 21.5 Å². The number of hydrogen-bond acceptors (Lipinski definition) is 3. The number of halogens is 1. The van der Waals surface area contributed by atoms with Gasteiger partial charge in [0, 0.05) is 24.6 Å². The Morgan fingerprint density at radius 2 is 2.26 bits per heavy atom. The topological polar surface area (TPSA) is 47.3 Å². The molecule has 0 radical (unpaired) electrons. The molecule has 1 aliphatic heterocycles. The van der Waals surface area contributed by atoms with Crippen LogP contribution in [0.1, 0.15) is 28.5 Å². The smallest absolute Gasteiger partial charge is 0.133 e. The molecule has 0 fully saturated rings. The van der Waals surface area contributed by atoms with E-state index >= 15 is 0 Å². The first-order valence-electron chi connectivity index (χ1n) is 6.21. The zero-order valence-corrected chi connectivity index (χ0v) is 11.6. The van der Waals surface area contributed by atoms with Crippen LogP contribution in [0, 0.1) is 6.92 Å². The summed E-state index contributed by atoms with van der Waals surface area (Å²) in [6, 6.07) is 5.83. The molecule has 1 aromatic heterocycles. The molecule has 3 rings (SSSR count). The molecule has 0 aliphatic carbocycles. The Hall–Kier alpha value is -1.52. The summed E-state index contributed by atoms with van der Waals surface area (Å²) in [5.74, 6) is 0.786. The highest BCUT2D eigenvalue weighted by molar-refractivity contribution is 6.30. The van der Waals surface area contributed by atoms with Crippen molar-refractivity contribution < 1.29 is 9.84 Å². The van der Waals surface area contributed by atoms with Crippen molar-refractivity contribution in [2.24, 2.45) is 7.05 Å². The Labute approximate surface area is 116 Å². The Balaban J connectivity index is 2.10. The molecule has 0 bridgehead atoms. The Morgan fingerprint density at radius 1 is 1.47 bits per heavy atom. The molecule has 1 N–H and O–H groups in total. The van der Waals surface area contributed by atoms with Gasteiger partial charge in [-0.15, -0.1) is 0 Å². The quantitative estimate of drug-likeness (QED) is 0.918. The average molecular weight is 279 g/mol. The SMILES string of the molecule is Cc1nn(C)c(Cl)c1C(O)c1cccc2c1OCC2. The van der Waals surface area contributed by atoms with Gasteiger partial charge in [-0.25, -0.2) is 0 Å². The fourth-order valence-electron chi connectivity index (χ4n) is 2.57. The van der Waals surface area contributed by atoms with E-state index in [9.17, 15) is 5.11 Å². The minimum absolute atomic E-state index is 0.459. The lowest BCUT2D eigenvalue weighted by molar-refractivity contribution is 0.213. The van der Waals surface area contributed by atoms with Crippen LogP contribution in [0.4, 0.5) is 0 Å². The summed E-state index contributed by atoms with van der Waals surface area (Å²) in [5, 5.41) is 15.3. The fourth-order valence-corrected chi connectivity index (χ4v) is 2.85. The van der Waals surface area contributed by atoms with Gasteiger partial charge in [0.2, 0.25) is 0 Å². The second-order valence-electron chi connectivity index (χ2n) is 4.75. The number of nitrogens with zero attached hydrogens (tertiary/aromatic N) is 2. The number of aliphatic hydroxyl groups is 1. The molecule has 1 aromatic carbocycles. The van der Waals surface area contributed by atoms with Gasteiger partial charge >= 0.3 is 0 Å². The maximum atomic E-state index is 10.6. The van der Waals surface area contributed by atoms with Gasteiger partial charge in [0.05, 0.1) is 12.3 Å². The maximum absolute atomic E-state index is 10.6. The third-order valence-corrected chi connectivity index (χ3v) is 3.96. The molecule has 100 valence electrons. The highest BCUT2D eigenvalue weighted by Crippen LogP contribution is 2.38. The molecule has 1 aliphatic rings. The largest absolute Gasteiger partial charge is 0.493 e. The van der Waals surface area contributed by atoms with E-state index in [2.05, 4.69) is 5.10 Å². The molecular formula is C14H15ClN2O2. The summed E-state index contributed by atoms with van der Waals surface area (Å²) in [6.45, 7) is 2.51. The van der Waals surface area contributed by atoms with Crippen LogP contribution in [0.2, 0.25) is 5.15 Å². The van der Waals surface area contributed by atoms with Crippen LogP contribution in [0.25, 0.3) is 0 Å². The average Bonchev–Trinajstić information content (AvgIpc) is 2.94. The van der Waals surface area contributed by atoms with E-state index in [0.29, 0.717) is 17.3 Å². The molecule has 19 heavy (non-hydrogen) atoms. The Morgan fingerprint density at radius 3 is 2.95 bits per heavy atom. The van der Waals surface area contributed by atoms with Crippen molar-refractivity contribution in [2.45, 2.75) is 19.4 Å². The number of rotatable bonds is 2. The van der Waals surface area contributed by atoms with E-state index in [1.165, 1.54) is 0 Å². The molecule has 5 heteroatoms. The number of fused-ring (bicyclic) bond motifs is 1. The van der Waals surface area contributed by atoms with E-state index in [1.54, 1.807) is 11.7 Å². The number of para-hydroxylation sites is 1. The first kappa shape index (κ1) is 12.5. The lowest BCUT2D eigenvalue weighted by atomic mass is 9.99. The highest BCUT2D eigenvalue weighted by atomic mass is 35.5. The first-order chi connectivity index (χ1) is 9.09. The van der Waals surface area contributed by atoms with Crippen molar-refractivity contribution in [1.29, 1.82) is 0 Å². The van der Waals surface area contributed by atoms with Crippen LogP contribution in [0.3, 0.4) is 0 Å². The van der Waals surface area contributed by atoms with Crippen molar-refractivity contribution in [3.63, 3.8) is 0 Å². The Bertz CT molecular complexity index is 637. The van der Waals surface area contributed by atoms with Crippen molar-refractivity contribution >= 4 is 11.6 Å². The van der Waals surface area contributed by atoms with Gasteiger partial charge in [0.1, 0.15) is 17.0 Å². The molecule has 2 heterocycles. The van der Waals surface area contributed by atoms with Crippen LogP contribution in [-0.2, 0) is 13.5 Å². The molecule has 1 unspecified atom stereocenters. The zero-order valence-electron chi connectivity index (χ0n) is 10.9. The summed E-state index contributed by atoms with van der Waals surface area (Å²) in [7, 11) is 1.76. The lowest BCUT2D eigenvalue weighted by Gasteiger charge is -2.14. The number of aliphatic hydroxyl groups excluding tert-OH is 1. The minimum atomic E-state index is -0.811. The van der Waals surface area contributed by atoms with Crippen molar-refractivity contribution in [1.82, 2.24) is 9.78 Å². The van der Waals surface area contributed by atoms with Gasteiger partial charge in [-0.3, -0.25) is 4.68 Å². The summed E-state index contributed by atoms with van der Waals surface area (Å²) in [4.78, 5) is 0. The zero-order chi connectivity index (χ0) is 13.6. The highest BCUT2D eigenvalue weighted by Gasteiger charge is 2.26. The maximum Gasteiger partial charge on any atom is 0.133 e. The normalized spacial score (nSPS) is 15.2. The molecular weight excluding hydrogens is 264 g/mol. The van der Waals surface area contributed by atoms with E-state index in [-0.39, 0.29) is 0 Å². The third kappa shape index (κ3) is 1.91. The van der Waals surface area contributed by atoms with E-state index in [0.717, 1.165) is 29.0 Å². The third-order valence-electron chi connectivity index (χ3n) is 3.51. The fraction of sp³-hybridized carbons (Fsp3) is 0.357. The molecule has 1 atom stereocenters. The molecule has 0 spiro atoms. The number of benzene rings is 1. The standard InChI is InChI=1S/C14H15ClN2O2/c1-8-11(14(15)17(2)16-8)12(18)10-5-3-4-9-6-7-19-13(9)10/h3-5,12,18H,6-7H2,1-2H3. The number of ether oxygens (including phenoxy) is 1. The second kappa shape index (κ2) is 4.54. The predicted octanol–water partition coefficient (Wildman–Crippen LogP) is 2.40. The second-order valence-corrected chi connectivity index (χ2v) is 5.11. The molecule has 0 amide bonds. The van der Waals surface area contributed by atoms with Crippen LogP contribution >= 0.6 is 11.6 Å². The van der Waals surface area contributed by atoms with Crippen molar-refractivity contribution in [3.8, 4) is 5.75 Å². The van der Waals surface area contributed by atoms with Crippen molar-refractivity contribution in [2.75, 3.05) is 6.61 Å². The Kier molecular flexibility index (Phi) is 2.99. The van der Waals surface area contributed by atoms with Crippen LogP contribution < -0.4 is 4.74 Å². The van der Waals surface area contributed by atoms with E-state index in [4.69, 9.17) is 16.3 Å². The van der Waals surface area contributed by atoms with Crippen molar-refractivity contribution in [3.05, 3.63) is 45.7 Å². The predicted molar refractivity (Wildman–Crippen MR) is 72.7 cm³/mol. The summed E-state index contributed by atoms with van der Waals surface area (Å²) in [5.41, 5.74) is 3.27. The van der Waals surface area contributed by atoms with Gasteiger partial charge in [0.25, 0.3) is 0 Å². The molecule has 0 saturated heterocycles. The van der Waals surface area contributed by atoms with Crippen LogP contribution in [0.5, 0.6) is 5.75 Å². The summed E-state index contributed by atoms with van der Waals surface area (Å²) < 4.78 is 7.20. The monoisotopic (exact) mass is 278 g/mol. The van der Waals surface area contributed by atoms with E-state index < -0.39 is 6.10 Å². The number of hydrogen-bond donors (Lipinski definition) is 1. The minimum Gasteiger partial charge on any atom is -0.493 e. The first-order valence-corrected chi connectivity index (χ1v) is 6.59. The summed E-state index contributed by atoms with van der Waals surface area (Å²) >= 11 is 6.21. The lowest BCUT2D eigenvalue weighted by Crippen LogP contribution is -2.03. The van der Waals surface area contributed by atoms with Gasteiger partial charge in [-0.1, -0.05) is 29.8 Å². The van der Waals surface area contributed by atoms with Gasteiger partial charge in [-0.05, 0) is 12.5 Å². The number of aryl methyl sites for hydroxylation is 2. The van der Waals surface area contributed by atoms with E-state index in [1.807, 2.05) is 25.1 Å². The number of aromatic nitrogens is 2. The van der Waals surface area contributed by atoms with Gasteiger partial charge in [0.15, 0.2) is 0 Å². The molecule has 4 nitrogen and oxygen atoms in total.